The third-order valence-electron chi connectivity index (χ3n) is 3.50. The fraction of sp³-hybridized carbons (Fsp3) is 0.200. The van der Waals surface area contributed by atoms with Crippen LogP contribution in [0.1, 0.15) is 0 Å². The predicted octanol–water partition coefficient (Wildman–Crippen LogP) is 3.01. The molecule has 3 rings (SSSR count). The molecule has 122 valence electrons. The first-order valence-electron chi connectivity index (χ1n) is 6.65. The molecule has 0 radical (unpaired) electrons. The van der Waals surface area contributed by atoms with Crippen molar-refractivity contribution in [3.05, 3.63) is 40.9 Å². The van der Waals surface area contributed by atoms with E-state index in [1.807, 2.05) is 0 Å². The van der Waals surface area contributed by atoms with Crippen molar-refractivity contribution >= 4 is 31.6 Å². The average Bonchev–Trinajstić information content (AvgIpc) is 3.01. The second-order valence-electron chi connectivity index (χ2n) is 4.81. The van der Waals surface area contributed by atoms with Crippen molar-refractivity contribution in [3.63, 3.8) is 0 Å². The van der Waals surface area contributed by atoms with Crippen molar-refractivity contribution < 1.29 is 22.6 Å². The van der Waals surface area contributed by atoms with Gasteiger partial charge < -0.3 is 14.2 Å². The van der Waals surface area contributed by atoms with Crippen LogP contribution >= 0.6 is 15.9 Å². The smallest absolute Gasteiger partial charge is 0.264 e. The largest absolute Gasteiger partial charge is 0.496 e. The van der Waals surface area contributed by atoms with E-state index in [1.165, 1.54) is 30.6 Å². The molecule has 0 atom stereocenters. The molecule has 0 unspecified atom stereocenters. The maximum Gasteiger partial charge on any atom is 0.264 e. The van der Waals surface area contributed by atoms with Gasteiger partial charge in [-0.25, -0.2) is 8.42 Å². The molecule has 0 saturated heterocycles. The summed E-state index contributed by atoms with van der Waals surface area (Å²) in [4.78, 5) is 0.158. The highest BCUT2D eigenvalue weighted by Gasteiger charge is 2.24. The van der Waals surface area contributed by atoms with E-state index < -0.39 is 10.0 Å². The van der Waals surface area contributed by atoms with Crippen LogP contribution < -0.4 is 18.5 Å². The minimum Gasteiger partial charge on any atom is -0.496 e. The Morgan fingerprint density at radius 2 is 1.87 bits per heavy atom. The summed E-state index contributed by atoms with van der Waals surface area (Å²) in [6.07, 6.45) is 0. The van der Waals surface area contributed by atoms with Gasteiger partial charge in [-0.1, -0.05) is 0 Å². The number of halogens is 1. The molecule has 0 aromatic heterocycles. The molecule has 1 aliphatic heterocycles. The Bertz CT molecular complexity index is 853. The fourth-order valence-electron chi connectivity index (χ4n) is 2.19. The van der Waals surface area contributed by atoms with E-state index in [4.69, 9.17) is 14.2 Å². The van der Waals surface area contributed by atoms with Gasteiger partial charge >= 0.3 is 0 Å². The molecule has 1 aliphatic rings. The molecule has 2 aromatic carbocycles. The zero-order valence-electron chi connectivity index (χ0n) is 12.4. The maximum atomic E-state index is 12.8. The van der Waals surface area contributed by atoms with Gasteiger partial charge in [0.2, 0.25) is 6.79 Å². The van der Waals surface area contributed by atoms with E-state index >= 15 is 0 Å². The number of methoxy groups -OCH3 is 1. The van der Waals surface area contributed by atoms with E-state index in [9.17, 15) is 8.42 Å². The van der Waals surface area contributed by atoms with E-state index in [-0.39, 0.29) is 11.7 Å². The maximum absolute atomic E-state index is 12.8. The quantitative estimate of drug-likeness (QED) is 0.790. The van der Waals surface area contributed by atoms with Crippen molar-refractivity contribution in [2.75, 3.05) is 25.3 Å². The van der Waals surface area contributed by atoms with Crippen molar-refractivity contribution in [3.8, 4) is 17.2 Å². The minimum atomic E-state index is -3.71. The predicted molar refractivity (Wildman–Crippen MR) is 88.8 cm³/mol. The van der Waals surface area contributed by atoms with Gasteiger partial charge in [-0.05, 0) is 46.3 Å². The van der Waals surface area contributed by atoms with E-state index in [1.54, 1.807) is 24.3 Å². The lowest BCUT2D eigenvalue weighted by Crippen LogP contribution is -2.26. The molecule has 0 N–H and O–H groups in total. The third-order valence-corrected chi connectivity index (χ3v) is 5.90. The number of rotatable bonds is 4. The minimum absolute atomic E-state index is 0.140. The van der Waals surface area contributed by atoms with E-state index in [0.29, 0.717) is 27.4 Å². The molecule has 2 aromatic rings. The van der Waals surface area contributed by atoms with Gasteiger partial charge in [0.25, 0.3) is 10.0 Å². The number of ether oxygens (including phenoxy) is 3. The standard InChI is InChI=1S/C15H14BrNO5S/c1-17(10-3-5-14-15(7-10)22-9-21-14)23(18,19)11-4-6-13(20-2)12(16)8-11/h3-8H,9H2,1-2H3. The Hall–Kier alpha value is -1.93. The van der Waals surface area contributed by atoms with Crippen LogP contribution in [0.2, 0.25) is 0 Å². The summed E-state index contributed by atoms with van der Waals surface area (Å²) in [5.74, 6) is 1.70. The Balaban J connectivity index is 1.97. The van der Waals surface area contributed by atoms with E-state index in [2.05, 4.69) is 15.9 Å². The Labute approximate surface area is 142 Å². The van der Waals surface area contributed by atoms with Gasteiger partial charge in [-0.2, -0.15) is 0 Å². The summed E-state index contributed by atoms with van der Waals surface area (Å²) in [6.45, 7) is 0.140. The Morgan fingerprint density at radius 1 is 1.13 bits per heavy atom. The average molecular weight is 400 g/mol. The summed E-state index contributed by atoms with van der Waals surface area (Å²) < 4.78 is 43.0. The Kier molecular flexibility index (Phi) is 4.11. The lowest BCUT2D eigenvalue weighted by atomic mass is 10.3. The van der Waals surface area contributed by atoms with Gasteiger partial charge in [0.1, 0.15) is 5.75 Å². The summed E-state index contributed by atoms with van der Waals surface area (Å²) >= 11 is 3.30. The van der Waals surface area contributed by atoms with Crippen molar-refractivity contribution in [1.29, 1.82) is 0 Å². The first-order chi connectivity index (χ1) is 10.9. The van der Waals surface area contributed by atoms with Crippen LogP contribution in [0.25, 0.3) is 0 Å². The van der Waals surface area contributed by atoms with Gasteiger partial charge in [0, 0.05) is 13.1 Å². The number of hydrogen-bond donors (Lipinski definition) is 0. The number of hydrogen-bond acceptors (Lipinski definition) is 5. The summed E-state index contributed by atoms with van der Waals surface area (Å²) in [5, 5.41) is 0. The number of benzene rings is 2. The third kappa shape index (κ3) is 2.84. The van der Waals surface area contributed by atoms with Gasteiger partial charge in [0.05, 0.1) is 22.2 Å². The highest BCUT2D eigenvalue weighted by molar-refractivity contribution is 9.10. The Morgan fingerprint density at radius 3 is 2.57 bits per heavy atom. The van der Waals surface area contributed by atoms with Crippen LogP contribution in [0.15, 0.2) is 45.8 Å². The molecule has 0 fully saturated rings. The second kappa shape index (κ2) is 5.93. The zero-order valence-corrected chi connectivity index (χ0v) is 14.8. The van der Waals surface area contributed by atoms with Crippen LogP contribution in [0.5, 0.6) is 17.2 Å². The van der Waals surface area contributed by atoms with Crippen LogP contribution in [-0.2, 0) is 10.0 Å². The molecule has 0 spiro atoms. The first-order valence-corrected chi connectivity index (χ1v) is 8.89. The molecular formula is C15H14BrNO5S. The molecular weight excluding hydrogens is 386 g/mol. The van der Waals surface area contributed by atoms with Gasteiger partial charge in [-0.3, -0.25) is 4.31 Å². The number of sulfonamides is 1. The van der Waals surface area contributed by atoms with Gasteiger partial charge in [0.15, 0.2) is 11.5 Å². The highest BCUT2D eigenvalue weighted by Crippen LogP contribution is 2.37. The van der Waals surface area contributed by atoms with E-state index in [0.717, 1.165) is 0 Å². The number of nitrogens with zero attached hydrogens (tertiary/aromatic N) is 1. The molecule has 0 saturated carbocycles. The molecule has 8 heteroatoms. The second-order valence-corrected chi connectivity index (χ2v) is 7.63. The van der Waals surface area contributed by atoms with Crippen LogP contribution in [0.4, 0.5) is 5.69 Å². The zero-order chi connectivity index (χ0) is 16.6. The highest BCUT2D eigenvalue weighted by atomic mass is 79.9. The van der Waals surface area contributed by atoms with Crippen molar-refractivity contribution in [1.82, 2.24) is 0 Å². The normalized spacial score (nSPS) is 13.0. The van der Waals surface area contributed by atoms with Crippen molar-refractivity contribution in [2.45, 2.75) is 4.90 Å². The van der Waals surface area contributed by atoms with Crippen LogP contribution in [-0.4, -0.2) is 29.4 Å². The monoisotopic (exact) mass is 399 g/mol. The first kappa shape index (κ1) is 15.9. The molecule has 0 bridgehead atoms. The summed E-state index contributed by atoms with van der Waals surface area (Å²) in [6, 6.07) is 9.61. The van der Waals surface area contributed by atoms with Gasteiger partial charge in [-0.15, -0.1) is 0 Å². The topological polar surface area (TPSA) is 65.1 Å². The summed E-state index contributed by atoms with van der Waals surface area (Å²) in [7, 11) is -0.694. The molecule has 23 heavy (non-hydrogen) atoms. The fourth-order valence-corrected chi connectivity index (χ4v) is 4.09. The number of anilines is 1. The summed E-state index contributed by atoms with van der Waals surface area (Å²) in [5.41, 5.74) is 0.487. The van der Waals surface area contributed by atoms with Crippen molar-refractivity contribution in [2.24, 2.45) is 0 Å². The molecule has 1 heterocycles. The molecule has 0 amide bonds. The van der Waals surface area contributed by atoms with Crippen LogP contribution in [0, 0.1) is 0 Å². The molecule has 6 nitrogen and oxygen atoms in total. The van der Waals surface area contributed by atoms with Crippen LogP contribution in [0.3, 0.4) is 0 Å². The molecule has 0 aliphatic carbocycles. The SMILES string of the molecule is COc1ccc(S(=O)(=O)N(C)c2ccc3c(c2)OCO3)cc1Br. The lowest BCUT2D eigenvalue weighted by Gasteiger charge is -2.20. The lowest BCUT2D eigenvalue weighted by molar-refractivity contribution is 0.174. The number of fused-ring (bicyclic) bond motifs is 1.